The molecule has 4 aromatic carbocycles. The van der Waals surface area contributed by atoms with E-state index in [-0.39, 0.29) is 120 Å². The highest BCUT2D eigenvalue weighted by Gasteiger charge is 2.35. The van der Waals surface area contributed by atoms with E-state index in [0.29, 0.717) is 71.5 Å². The number of sulfonamides is 2. The third-order valence-corrected chi connectivity index (χ3v) is 18.0. The van der Waals surface area contributed by atoms with Crippen molar-refractivity contribution in [3.8, 4) is 0 Å². The van der Waals surface area contributed by atoms with Gasteiger partial charge in [-0.2, -0.15) is 0 Å². The number of likely N-dealkylation sites (N-methyl/N-ethyl adjacent to an activating group) is 2. The lowest BCUT2D eigenvalue weighted by atomic mass is 9.76. The van der Waals surface area contributed by atoms with Crippen molar-refractivity contribution in [2.75, 3.05) is 126 Å². The van der Waals surface area contributed by atoms with Gasteiger partial charge in [-0.05, 0) is 109 Å². The Morgan fingerprint density at radius 1 is 0.600 bits per heavy atom. The van der Waals surface area contributed by atoms with Crippen LogP contribution in [0.25, 0.3) is 0 Å². The van der Waals surface area contributed by atoms with Crippen LogP contribution in [0.15, 0.2) is 106 Å². The lowest BCUT2D eigenvalue weighted by Crippen LogP contribution is -2.38. The summed E-state index contributed by atoms with van der Waals surface area (Å²) in [5, 5.41) is 5.06. The van der Waals surface area contributed by atoms with Gasteiger partial charge in [-0.1, -0.05) is 88.9 Å². The minimum atomic E-state index is -3.81. The van der Waals surface area contributed by atoms with Gasteiger partial charge >= 0.3 is 0 Å². The Morgan fingerprint density at radius 2 is 1.02 bits per heavy atom. The van der Waals surface area contributed by atoms with Crippen molar-refractivity contribution >= 4 is 78.3 Å². The average molecular weight is 1230 g/mol. The molecule has 2 heterocycles. The number of halogens is 4. The van der Waals surface area contributed by atoms with Crippen molar-refractivity contribution in [2.45, 2.75) is 47.6 Å². The molecule has 0 saturated carbocycles. The highest BCUT2D eigenvalue weighted by molar-refractivity contribution is 7.89. The topological polar surface area (TPSA) is 226 Å². The first-order chi connectivity index (χ1) is 38.4. The highest BCUT2D eigenvalue weighted by Crippen LogP contribution is 2.41. The van der Waals surface area contributed by atoms with E-state index < -0.39 is 31.4 Å². The summed E-state index contributed by atoms with van der Waals surface area (Å²) in [5.74, 6) is -1.03. The minimum Gasteiger partial charge on any atom is -0.379 e. The zero-order chi connectivity index (χ0) is 57.3. The van der Waals surface area contributed by atoms with E-state index in [0.717, 1.165) is 33.4 Å². The van der Waals surface area contributed by atoms with Crippen LogP contribution in [-0.2, 0) is 71.1 Å². The molecule has 3 atom stereocenters. The van der Waals surface area contributed by atoms with Crippen molar-refractivity contribution in [1.29, 1.82) is 0 Å². The van der Waals surface area contributed by atoms with Gasteiger partial charge in [0.05, 0.1) is 87.9 Å². The number of primary amides is 1. The smallest absolute Gasteiger partial charge is 0.251 e. The Morgan fingerprint density at radius 3 is 1.45 bits per heavy atom. The maximum absolute atomic E-state index is 13.2. The number of carbonyl (C=O) groups is 2. The molecule has 0 spiro atoms. The summed E-state index contributed by atoms with van der Waals surface area (Å²) in [7, 11) is -3.61. The minimum absolute atomic E-state index is 0.0731. The van der Waals surface area contributed by atoms with Gasteiger partial charge < -0.3 is 49.3 Å². The van der Waals surface area contributed by atoms with Gasteiger partial charge in [0, 0.05) is 89.9 Å². The van der Waals surface area contributed by atoms with Gasteiger partial charge in [0.2, 0.25) is 26.0 Å². The summed E-state index contributed by atoms with van der Waals surface area (Å²) in [5.41, 5.74) is 10.9. The highest BCUT2D eigenvalue weighted by atomic mass is 35.5. The number of hydrogen-bond acceptors (Lipinski definition) is 14. The first kappa shape index (κ1) is 63.5. The molecule has 7 rings (SSSR count). The fourth-order valence-corrected chi connectivity index (χ4v) is 13.0. The maximum atomic E-state index is 13.2. The lowest BCUT2D eigenvalue weighted by Gasteiger charge is -2.33. The van der Waals surface area contributed by atoms with E-state index in [4.69, 9.17) is 80.6 Å². The first-order valence-electron chi connectivity index (χ1n) is 26.3. The Balaban J connectivity index is 0.676. The molecule has 2 aliphatic heterocycles. The van der Waals surface area contributed by atoms with Crippen molar-refractivity contribution < 1.29 is 54.8 Å². The Labute approximate surface area is 489 Å². The zero-order valence-electron chi connectivity index (χ0n) is 44.9. The van der Waals surface area contributed by atoms with E-state index in [9.17, 15) is 26.4 Å². The molecule has 5 N–H and O–H groups in total. The van der Waals surface area contributed by atoms with Gasteiger partial charge in [0.15, 0.2) is 0 Å². The van der Waals surface area contributed by atoms with Gasteiger partial charge in [-0.15, -0.1) is 0 Å². The van der Waals surface area contributed by atoms with Crippen LogP contribution in [0.1, 0.15) is 58.1 Å². The molecule has 80 heavy (non-hydrogen) atoms. The number of carbonyl (C=O) groups excluding carboxylic acids is 2. The third-order valence-electron chi connectivity index (χ3n) is 13.9. The van der Waals surface area contributed by atoms with Crippen molar-refractivity contribution in [1.82, 2.24) is 24.6 Å². The summed E-state index contributed by atoms with van der Waals surface area (Å²) < 4.78 is 91.5. The van der Waals surface area contributed by atoms with Crippen LogP contribution in [0.2, 0.25) is 20.1 Å². The maximum Gasteiger partial charge on any atom is 0.251 e. The Bertz CT molecular complexity index is 3060. The van der Waals surface area contributed by atoms with Crippen molar-refractivity contribution in [2.24, 2.45) is 11.1 Å². The van der Waals surface area contributed by atoms with Crippen LogP contribution >= 0.6 is 46.4 Å². The Hall–Kier alpha value is -4.04. The number of hydrogen-bond donors (Lipinski definition) is 4. The predicted octanol–water partition coefficient (Wildman–Crippen LogP) is 6.68. The second-order valence-electron chi connectivity index (χ2n) is 19.7. The Kier molecular flexibility index (Phi) is 24.2. The monoisotopic (exact) mass is 1220 g/mol. The van der Waals surface area contributed by atoms with Crippen molar-refractivity contribution in [3.05, 3.63) is 150 Å². The van der Waals surface area contributed by atoms with Crippen LogP contribution < -0.4 is 20.5 Å². The number of rotatable bonds is 32. The summed E-state index contributed by atoms with van der Waals surface area (Å²) in [6, 6.07) is 21.1. The van der Waals surface area contributed by atoms with E-state index in [1.807, 2.05) is 38.4 Å². The second-order valence-corrected chi connectivity index (χ2v) is 25.0. The molecule has 0 fully saturated rings. The molecule has 24 heteroatoms. The molecule has 3 unspecified atom stereocenters. The molecule has 436 valence electrons. The normalized spacial score (nSPS) is 18.6. The molecule has 2 amide bonds. The number of nitrogens with zero attached hydrogens (tertiary/aromatic N) is 2. The number of allylic oxidation sites excluding steroid dienone is 1. The molecular weight excluding hydrogens is 1150 g/mol. The quantitative estimate of drug-likeness (QED) is 0.0375. The van der Waals surface area contributed by atoms with Crippen LogP contribution in [0, 0.1) is 5.41 Å². The molecule has 0 radical (unpaired) electrons. The van der Waals surface area contributed by atoms with Crippen molar-refractivity contribution in [3.63, 3.8) is 0 Å². The first-order valence-corrected chi connectivity index (χ1v) is 30.8. The molecule has 0 bridgehead atoms. The second kappa shape index (κ2) is 30.5. The summed E-state index contributed by atoms with van der Waals surface area (Å²) in [6.45, 7) is 6.11. The zero-order valence-corrected chi connectivity index (χ0v) is 49.5. The van der Waals surface area contributed by atoms with Crippen LogP contribution in [0.5, 0.6) is 0 Å². The van der Waals surface area contributed by atoms with Gasteiger partial charge in [-0.25, -0.2) is 26.3 Å². The van der Waals surface area contributed by atoms with E-state index >= 15 is 0 Å². The third kappa shape index (κ3) is 18.0. The van der Waals surface area contributed by atoms with Gasteiger partial charge in [0.1, 0.15) is 0 Å². The van der Waals surface area contributed by atoms with Gasteiger partial charge in [0.25, 0.3) is 5.91 Å². The summed E-state index contributed by atoms with van der Waals surface area (Å²) in [6.07, 6.45) is 5.48. The summed E-state index contributed by atoms with van der Waals surface area (Å²) in [4.78, 5) is 30.0. The van der Waals surface area contributed by atoms with Crippen LogP contribution in [0.4, 0.5) is 0 Å². The van der Waals surface area contributed by atoms with Gasteiger partial charge in [-0.3, -0.25) is 9.59 Å². The largest absolute Gasteiger partial charge is 0.379 e. The molecule has 0 saturated heterocycles. The standard InChI is InChI=1S/C56H70Cl4N6O12S2/c1-65-35-48(46-31-42(57)33-52(59)50(46)37-65)40-5-3-7-44(29-40)79(69,70)63-15-19-75-23-27-77-25-21-73-17-13-56(55(61)68)11-9-39(10-12-56)54(67)62-14-18-74-22-26-78-28-24-76-20-16-64-80(71,72)45-8-4-6-41(30-45)49-36-66(2)38-51-47(49)32-43(58)34-53(51)60/h3-11,29-34,48-49,63-64H,12-28,35-38H2,1-2H3,(H2,61,68)(H,62,67). The molecule has 0 aromatic heterocycles. The van der Waals surface area contributed by atoms with E-state index in [1.165, 1.54) is 0 Å². The van der Waals surface area contributed by atoms with Crippen LogP contribution in [-0.4, -0.2) is 165 Å². The number of amides is 2. The number of nitrogens with two attached hydrogens (primary N) is 1. The fourth-order valence-electron chi connectivity index (χ4n) is 9.74. The van der Waals surface area contributed by atoms with Crippen LogP contribution in [0.3, 0.4) is 0 Å². The van der Waals surface area contributed by atoms with E-state index in [1.54, 1.807) is 66.8 Å². The molecular formula is C56H70Cl4N6O12S2. The number of nitrogens with one attached hydrogen (secondary N) is 3. The summed E-state index contributed by atoms with van der Waals surface area (Å²) >= 11 is 25.7. The lowest BCUT2D eigenvalue weighted by molar-refractivity contribution is -0.126. The SMILES string of the molecule is CN1Cc2c(Cl)cc(Cl)cc2C(c2cccc(S(=O)(=O)NCCOCCOCCOCCNC(=O)C3=CCC(CCOCCOCCOCCNS(=O)(=O)c4cccc(C5CN(C)Cc6c(Cl)cc(Cl)cc65)c4)(C(N)=O)C=C3)c2)C1. The number of ether oxygens (including phenoxy) is 6. The molecule has 4 aromatic rings. The average Bonchev–Trinajstić information content (AvgIpc) is 3.53. The number of fused-ring (bicyclic) bond motifs is 2. The van der Waals surface area contributed by atoms with E-state index in [2.05, 4.69) is 24.6 Å². The predicted molar refractivity (Wildman–Crippen MR) is 309 cm³/mol. The molecule has 1 aliphatic carbocycles. The number of benzene rings is 4. The molecule has 3 aliphatic rings. The fraction of sp³-hybridized carbons (Fsp3) is 0.464. The molecule has 18 nitrogen and oxygen atoms in total.